The lowest BCUT2D eigenvalue weighted by molar-refractivity contribution is 0.0854. The number of rotatable bonds is 2. The van der Waals surface area contributed by atoms with Gasteiger partial charge in [0, 0.05) is 26.3 Å². The maximum Gasteiger partial charge on any atom is 0.226 e. The summed E-state index contributed by atoms with van der Waals surface area (Å²) in [5.41, 5.74) is 1.43. The van der Waals surface area contributed by atoms with Gasteiger partial charge >= 0.3 is 0 Å². The van der Waals surface area contributed by atoms with Gasteiger partial charge in [-0.3, -0.25) is 0 Å². The second kappa shape index (κ2) is 4.70. The number of hydrogen-bond acceptors (Lipinski definition) is 5. The lowest BCUT2D eigenvalue weighted by atomic mass is 10.1. The van der Waals surface area contributed by atoms with Crippen LogP contribution in [0.15, 0.2) is 6.33 Å². The highest BCUT2D eigenvalue weighted by atomic mass is 35.5. The zero-order valence-corrected chi connectivity index (χ0v) is 10.8. The Hall–Kier alpha value is -1.40. The number of nitrogens with zero attached hydrogens (tertiary/aromatic N) is 4. The predicted octanol–water partition coefficient (Wildman–Crippen LogP) is 1.62. The Morgan fingerprint density at radius 3 is 2.94 bits per heavy atom. The number of fused-ring (bicyclic) bond motifs is 1. The van der Waals surface area contributed by atoms with E-state index in [9.17, 15) is 0 Å². The SMILES string of the molecule is CN(c1nc(Cl)nc2nc[nH]c12)C1CCOCC1. The molecule has 0 aliphatic carbocycles. The van der Waals surface area contributed by atoms with Crippen LogP contribution in [0.1, 0.15) is 12.8 Å². The fourth-order valence-corrected chi connectivity index (χ4v) is 2.45. The number of nitrogens with one attached hydrogen (secondary N) is 1. The van der Waals surface area contributed by atoms with Gasteiger partial charge in [-0.15, -0.1) is 0 Å². The van der Waals surface area contributed by atoms with Gasteiger partial charge in [0.1, 0.15) is 5.52 Å². The van der Waals surface area contributed by atoms with Crippen molar-refractivity contribution >= 4 is 28.6 Å². The number of hydrogen-bond donors (Lipinski definition) is 1. The Morgan fingerprint density at radius 2 is 2.17 bits per heavy atom. The standard InChI is InChI=1S/C11H14ClN5O/c1-17(7-2-4-18-5-3-7)10-8-9(14-6-13-8)15-11(12)16-10/h6-7H,2-5H2,1H3,(H,13,14,15,16). The minimum atomic E-state index is 0.225. The fourth-order valence-electron chi connectivity index (χ4n) is 2.29. The Kier molecular flexibility index (Phi) is 3.05. The van der Waals surface area contributed by atoms with E-state index in [2.05, 4.69) is 24.8 Å². The van der Waals surface area contributed by atoms with Crippen LogP contribution in [0.5, 0.6) is 0 Å². The molecule has 0 saturated carbocycles. The molecule has 3 heterocycles. The van der Waals surface area contributed by atoms with Crippen LogP contribution in [0.25, 0.3) is 11.2 Å². The predicted molar refractivity (Wildman–Crippen MR) is 68.9 cm³/mol. The van der Waals surface area contributed by atoms with Gasteiger partial charge in [-0.25, -0.2) is 4.98 Å². The van der Waals surface area contributed by atoms with Crippen LogP contribution >= 0.6 is 11.6 Å². The van der Waals surface area contributed by atoms with Crippen LogP contribution in [0.2, 0.25) is 5.28 Å². The second-order valence-electron chi connectivity index (χ2n) is 4.37. The number of ether oxygens (including phenoxy) is 1. The molecule has 18 heavy (non-hydrogen) atoms. The average molecular weight is 268 g/mol. The summed E-state index contributed by atoms with van der Waals surface area (Å²) in [6.45, 7) is 1.58. The molecule has 0 atom stereocenters. The first kappa shape index (κ1) is 11.7. The van der Waals surface area contributed by atoms with Crippen molar-refractivity contribution in [2.24, 2.45) is 0 Å². The molecule has 2 aromatic heterocycles. The Bertz CT molecular complexity index is 551. The molecule has 3 rings (SSSR count). The van der Waals surface area contributed by atoms with Crippen LogP contribution in [-0.4, -0.2) is 46.2 Å². The van der Waals surface area contributed by atoms with E-state index in [0.717, 1.165) is 37.4 Å². The normalized spacial score (nSPS) is 17.2. The Balaban J connectivity index is 1.99. The van der Waals surface area contributed by atoms with Crippen LogP contribution in [0, 0.1) is 0 Å². The summed E-state index contributed by atoms with van der Waals surface area (Å²) in [4.78, 5) is 17.7. The van der Waals surface area contributed by atoms with E-state index >= 15 is 0 Å². The zero-order chi connectivity index (χ0) is 12.5. The molecule has 1 saturated heterocycles. The van der Waals surface area contributed by atoms with Gasteiger partial charge in [-0.05, 0) is 24.4 Å². The molecule has 0 unspecified atom stereocenters. The number of aromatic amines is 1. The molecular weight excluding hydrogens is 254 g/mol. The minimum Gasteiger partial charge on any atom is -0.381 e. The van der Waals surface area contributed by atoms with Gasteiger partial charge < -0.3 is 14.6 Å². The molecule has 6 nitrogen and oxygen atoms in total. The summed E-state index contributed by atoms with van der Waals surface area (Å²) in [6, 6.07) is 0.413. The van der Waals surface area contributed by atoms with Crippen molar-refractivity contribution in [3.05, 3.63) is 11.6 Å². The molecule has 1 N–H and O–H groups in total. The molecule has 7 heteroatoms. The number of aromatic nitrogens is 4. The van der Waals surface area contributed by atoms with Gasteiger partial charge in [0.05, 0.1) is 6.33 Å². The molecule has 1 aliphatic heterocycles. The van der Waals surface area contributed by atoms with Crippen molar-refractivity contribution in [2.45, 2.75) is 18.9 Å². The van der Waals surface area contributed by atoms with Crippen molar-refractivity contribution in [1.82, 2.24) is 19.9 Å². The summed E-state index contributed by atoms with van der Waals surface area (Å²) in [5, 5.41) is 0.225. The van der Waals surface area contributed by atoms with Gasteiger partial charge in [-0.2, -0.15) is 9.97 Å². The highest BCUT2D eigenvalue weighted by molar-refractivity contribution is 6.28. The molecule has 96 valence electrons. The number of halogens is 1. The number of H-pyrrole nitrogens is 1. The van der Waals surface area contributed by atoms with Crippen molar-refractivity contribution < 1.29 is 4.74 Å². The first-order chi connectivity index (χ1) is 8.75. The third-order valence-corrected chi connectivity index (χ3v) is 3.48. The van der Waals surface area contributed by atoms with Crippen LogP contribution in [0.4, 0.5) is 5.82 Å². The van der Waals surface area contributed by atoms with Gasteiger partial charge in [0.2, 0.25) is 5.28 Å². The molecule has 0 amide bonds. The molecule has 0 radical (unpaired) electrons. The van der Waals surface area contributed by atoms with Crippen molar-refractivity contribution in [3.63, 3.8) is 0 Å². The van der Waals surface area contributed by atoms with E-state index in [0.29, 0.717) is 11.7 Å². The summed E-state index contributed by atoms with van der Waals surface area (Å²) in [5.74, 6) is 0.800. The lowest BCUT2D eigenvalue weighted by Crippen LogP contribution is -2.37. The molecule has 1 fully saturated rings. The summed E-state index contributed by atoms with van der Waals surface area (Å²) in [7, 11) is 2.02. The van der Waals surface area contributed by atoms with E-state index in [1.165, 1.54) is 0 Å². The monoisotopic (exact) mass is 267 g/mol. The van der Waals surface area contributed by atoms with Gasteiger partial charge in [-0.1, -0.05) is 0 Å². The maximum absolute atomic E-state index is 5.94. The summed E-state index contributed by atoms with van der Waals surface area (Å²) in [6.07, 6.45) is 3.60. The van der Waals surface area contributed by atoms with Crippen molar-refractivity contribution in [1.29, 1.82) is 0 Å². The fraction of sp³-hybridized carbons (Fsp3) is 0.545. The second-order valence-corrected chi connectivity index (χ2v) is 4.71. The Morgan fingerprint density at radius 1 is 1.39 bits per heavy atom. The maximum atomic E-state index is 5.94. The van der Waals surface area contributed by atoms with E-state index in [1.807, 2.05) is 7.05 Å². The number of imidazole rings is 1. The summed E-state index contributed by atoms with van der Waals surface area (Å²) < 4.78 is 5.38. The van der Waals surface area contributed by atoms with E-state index in [1.54, 1.807) is 6.33 Å². The average Bonchev–Trinajstić information content (AvgIpc) is 2.86. The smallest absolute Gasteiger partial charge is 0.226 e. The lowest BCUT2D eigenvalue weighted by Gasteiger charge is -2.32. The van der Waals surface area contributed by atoms with Crippen LogP contribution < -0.4 is 4.90 Å². The minimum absolute atomic E-state index is 0.225. The van der Waals surface area contributed by atoms with Gasteiger partial charge in [0.25, 0.3) is 0 Å². The number of anilines is 1. The van der Waals surface area contributed by atoms with Crippen molar-refractivity contribution in [3.8, 4) is 0 Å². The molecule has 1 aliphatic rings. The topological polar surface area (TPSA) is 66.9 Å². The zero-order valence-electron chi connectivity index (χ0n) is 10.1. The van der Waals surface area contributed by atoms with E-state index in [-0.39, 0.29) is 5.28 Å². The Labute approximate surface area is 109 Å². The molecule has 0 aromatic carbocycles. The highest BCUT2D eigenvalue weighted by Gasteiger charge is 2.22. The van der Waals surface area contributed by atoms with Gasteiger partial charge in [0.15, 0.2) is 11.5 Å². The van der Waals surface area contributed by atoms with E-state index in [4.69, 9.17) is 16.3 Å². The largest absolute Gasteiger partial charge is 0.381 e. The van der Waals surface area contributed by atoms with Crippen molar-refractivity contribution in [2.75, 3.05) is 25.2 Å². The first-order valence-electron chi connectivity index (χ1n) is 5.93. The summed E-state index contributed by atoms with van der Waals surface area (Å²) >= 11 is 5.94. The van der Waals surface area contributed by atoms with Crippen LogP contribution in [0.3, 0.4) is 0 Å². The van der Waals surface area contributed by atoms with E-state index < -0.39 is 0 Å². The van der Waals surface area contributed by atoms with Crippen LogP contribution in [-0.2, 0) is 4.74 Å². The molecule has 2 aromatic rings. The molecule has 0 bridgehead atoms. The quantitative estimate of drug-likeness (QED) is 0.838. The third kappa shape index (κ3) is 2.02. The molecular formula is C11H14ClN5O. The third-order valence-electron chi connectivity index (χ3n) is 3.31. The highest BCUT2D eigenvalue weighted by Crippen LogP contribution is 2.26. The molecule has 0 spiro atoms. The first-order valence-corrected chi connectivity index (χ1v) is 6.30.